The van der Waals surface area contributed by atoms with Crippen molar-refractivity contribution in [2.24, 2.45) is 12.2 Å². The van der Waals surface area contributed by atoms with E-state index in [1.54, 1.807) is 24.1 Å². The number of hydrogen-bond acceptors (Lipinski definition) is 4. The lowest BCUT2D eigenvalue weighted by Crippen LogP contribution is -2.03. The van der Waals surface area contributed by atoms with Crippen LogP contribution in [0.4, 0.5) is 0 Å². The Bertz CT molecular complexity index is 319. The maximum Gasteiger partial charge on any atom is 0.344 e. The fourth-order valence-electron chi connectivity index (χ4n) is 0.676. The van der Waals surface area contributed by atoms with Crippen molar-refractivity contribution >= 4 is 12.2 Å². The highest BCUT2D eigenvalue weighted by molar-refractivity contribution is 5.76. The highest BCUT2D eigenvalue weighted by Crippen LogP contribution is 1.91. The van der Waals surface area contributed by atoms with Crippen molar-refractivity contribution in [3.8, 4) is 0 Å². The quantitative estimate of drug-likeness (QED) is 0.520. The summed E-state index contributed by atoms with van der Waals surface area (Å²) in [6.45, 7) is -0.436. The van der Waals surface area contributed by atoms with Crippen LogP contribution in [0.3, 0.4) is 0 Å². The van der Waals surface area contributed by atoms with E-state index in [0.717, 1.165) is 5.69 Å². The molecule has 70 valence electrons. The van der Waals surface area contributed by atoms with Gasteiger partial charge in [-0.05, 0) is 0 Å². The molecule has 6 nitrogen and oxygen atoms in total. The van der Waals surface area contributed by atoms with E-state index in [1.807, 2.05) is 0 Å². The Hall–Kier alpha value is -1.85. The molecule has 0 aliphatic heterocycles. The Morgan fingerprint density at radius 2 is 2.69 bits per heavy atom. The van der Waals surface area contributed by atoms with E-state index in [1.165, 1.54) is 6.21 Å². The van der Waals surface area contributed by atoms with Gasteiger partial charge in [-0.2, -0.15) is 0 Å². The largest absolute Gasteiger partial charge is 0.479 e. The maximum absolute atomic E-state index is 10.0. The maximum atomic E-state index is 10.0. The van der Waals surface area contributed by atoms with E-state index >= 15 is 0 Å². The van der Waals surface area contributed by atoms with Gasteiger partial charge in [-0.15, -0.1) is 0 Å². The predicted octanol–water partition coefficient (Wildman–Crippen LogP) is -0.145. The number of rotatable bonds is 4. The Labute approximate surface area is 74.4 Å². The second-order valence-electron chi connectivity index (χ2n) is 2.33. The minimum absolute atomic E-state index is 0.436. The highest BCUT2D eigenvalue weighted by atomic mass is 16.6. The molecule has 0 aliphatic rings. The molecule has 0 aliphatic carbocycles. The molecule has 0 fully saturated rings. The van der Waals surface area contributed by atoms with Crippen LogP contribution in [-0.4, -0.2) is 33.4 Å². The molecule has 0 radical (unpaired) electrons. The van der Waals surface area contributed by atoms with Gasteiger partial charge >= 0.3 is 5.97 Å². The molecule has 0 aromatic carbocycles. The van der Waals surface area contributed by atoms with E-state index in [4.69, 9.17) is 5.11 Å². The standard InChI is InChI=1S/C7H9N3O3/c1-10-5-8-2-6(10)3-9-13-4-7(11)12/h2-3,5H,4H2,1H3,(H,11,12). The fourth-order valence-corrected chi connectivity index (χ4v) is 0.676. The first-order chi connectivity index (χ1) is 6.20. The lowest BCUT2D eigenvalue weighted by molar-refractivity contribution is -0.142. The molecule has 13 heavy (non-hydrogen) atoms. The lowest BCUT2D eigenvalue weighted by Gasteiger charge is -1.93. The summed E-state index contributed by atoms with van der Waals surface area (Å²) < 4.78 is 1.73. The van der Waals surface area contributed by atoms with Gasteiger partial charge in [-0.1, -0.05) is 5.16 Å². The number of aryl methyl sites for hydroxylation is 1. The zero-order valence-corrected chi connectivity index (χ0v) is 7.04. The molecule has 0 unspecified atom stereocenters. The van der Waals surface area contributed by atoms with E-state index < -0.39 is 12.6 Å². The Kier molecular flexibility index (Phi) is 3.02. The monoisotopic (exact) mass is 183 g/mol. The molecule has 0 bridgehead atoms. The molecule has 1 aromatic heterocycles. The Balaban J connectivity index is 2.41. The summed E-state index contributed by atoms with van der Waals surface area (Å²) in [5.74, 6) is -1.05. The van der Waals surface area contributed by atoms with E-state index in [-0.39, 0.29) is 0 Å². The van der Waals surface area contributed by atoms with Crippen molar-refractivity contribution in [2.45, 2.75) is 0 Å². The molecule has 0 amide bonds. The summed E-state index contributed by atoms with van der Waals surface area (Å²) in [6, 6.07) is 0. The summed E-state index contributed by atoms with van der Waals surface area (Å²) in [5, 5.41) is 11.7. The number of hydrogen-bond donors (Lipinski definition) is 1. The van der Waals surface area contributed by atoms with Crippen molar-refractivity contribution in [1.29, 1.82) is 0 Å². The van der Waals surface area contributed by atoms with Crippen LogP contribution < -0.4 is 0 Å². The fraction of sp³-hybridized carbons (Fsp3) is 0.286. The third-order valence-electron chi connectivity index (χ3n) is 1.30. The van der Waals surface area contributed by atoms with Gasteiger partial charge in [-0.3, -0.25) is 0 Å². The predicted molar refractivity (Wildman–Crippen MR) is 44.4 cm³/mol. The van der Waals surface area contributed by atoms with Crippen LogP contribution >= 0.6 is 0 Å². The van der Waals surface area contributed by atoms with Crippen molar-refractivity contribution in [1.82, 2.24) is 9.55 Å². The third-order valence-corrected chi connectivity index (χ3v) is 1.30. The molecule has 0 saturated heterocycles. The molecule has 0 saturated carbocycles. The van der Waals surface area contributed by atoms with Crippen LogP contribution in [0, 0.1) is 0 Å². The van der Waals surface area contributed by atoms with Crippen LogP contribution in [0.1, 0.15) is 5.69 Å². The molecule has 0 spiro atoms. The van der Waals surface area contributed by atoms with Gasteiger partial charge in [0.25, 0.3) is 0 Å². The van der Waals surface area contributed by atoms with Gasteiger partial charge in [0.1, 0.15) is 0 Å². The minimum atomic E-state index is -1.05. The van der Waals surface area contributed by atoms with Gasteiger partial charge < -0.3 is 14.5 Å². The normalized spacial score (nSPS) is 10.5. The average Bonchev–Trinajstić information content (AvgIpc) is 2.45. The third kappa shape index (κ3) is 2.94. The molecule has 1 aromatic rings. The topological polar surface area (TPSA) is 76.7 Å². The first-order valence-corrected chi connectivity index (χ1v) is 3.53. The summed E-state index contributed by atoms with van der Waals surface area (Å²) in [5.41, 5.74) is 0.741. The van der Waals surface area contributed by atoms with Crippen molar-refractivity contribution < 1.29 is 14.7 Å². The molecule has 0 atom stereocenters. The number of oxime groups is 1. The van der Waals surface area contributed by atoms with Crippen LogP contribution in [0.2, 0.25) is 0 Å². The number of nitrogens with zero attached hydrogens (tertiary/aromatic N) is 3. The number of carboxylic acid groups (broad SMARTS) is 1. The number of aromatic nitrogens is 2. The summed E-state index contributed by atoms with van der Waals surface area (Å²) in [6.07, 6.45) is 4.60. The summed E-state index contributed by atoms with van der Waals surface area (Å²) >= 11 is 0. The first kappa shape index (κ1) is 9.24. The molecule has 6 heteroatoms. The molecule has 1 rings (SSSR count). The number of carbonyl (C=O) groups is 1. The van der Waals surface area contributed by atoms with Crippen LogP contribution in [-0.2, 0) is 16.7 Å². The smallest absolute Gasteiger partial charge is 0.344 e. The van der Waals surface area contributed by atoms with Crippen molar-refractivity contribution in [2.75, 3.05) is 6.61 Å². The SMILES string of the molecule is Cn1cncc1C=NOCC(=O)O. The van der Waals surface area contributed by atoms with Gasteiger partial charge in [0, 0.05) is 7.05 Å². The molecular weight excluding hydrogens is 174 g/mol. The molecular formula is C7H9N3O3. The van der Waals surface area contributed by atoms with E-state index in [9.17, 15) is 4.79 Å². The number of carboxylic acids is 1. The molecule has 1 N–H and O–H groups in total. The van der Waals surface area contributed by atoms with Gasteiger partial charge in [0.05, 0.1) is 24.4 Å². The van der Waals surface area contributed by atoms with Crippen LogP contribution in [0.15, 0.2) is 17.7 Å². The second kappa shape index (κ2) is 4.24. The minimum Gasteiger partial charge on any atom is -0.479 e. The van der Waals surface area contributed by atoms with Gasteiger partial charge in [0.15, 0.2) is 0 Å². The van der Waals surface area contributed by atoms with Crippen LogP contribution in [0.25, 0.3) is 0 Å². The number of imidazole rings is 1. The highest BCUT2D eigenvalue weighted by Gasteiger charge is 1.95. The van der Waals surface area contributed by atoms with Crippen molar-refractivity contribution in [3.05, 3.63) is 18.2 Å². The first-order valence-electron chi connectivity index (χ1n) is 3.53. The average molecular weight is 183 g/mol. The zero-order valence-electron chi connectivity index (χ0n) is 7.04. The van der Waals surface area contributed by atoms with E-state index in [2.05, 4.69) is 15.0 Å². The Morgan fingerprint density at radius 1 is 1.92 bits per heavy atom. The second-order valence-corrected chi connectivity index (χ2v) is 2.33. The van der Waals surface area contributed by atoms with Crippen molar-refractivity contribution in [3.63, 3.8) is 0 Å². The zero-order chi connectivity index (χ0) is 9.68. The number of aliphatic carboxylic acids is 1. The lowest BCUT2D eigenvalue weighted by atomic mass is 10.5. The van der Waals surface area contributed by atoms with Gasteiger partial charge in [0.2, 0.25) is 6.61 Å². The summed E-state index contributed by atoms with van der Waals surface area (Å²) in [4.78, 5) is 18.3. The van der Waals surface area contributed by atoms with Crippen LogP contribution in [0.5, 0.6) is 0 Å². The van der Waals surface area contributed by atoms with E-state index in [0.29, 0.717) is 0 Å². The Morgan fingerprint density at radius 3 is 3.23 bits per heavy atom. The molecule has 1 heterocycles. The van der Waals surface area contributed by atoms with Gasteiger partial charge in [-0.25, -0.2) is 9.78 Å². The summed E-state index contributed by atoms with van der Waals surface area (Å²) in [7, 11) is 1.80.